The Morgan fingerprint density at radius 3 is 2.83 bits per heavy atom. The highest BCUT2D eigenvalue weighted by Gasteiger charge is 2.30. The first-order valence-corrected chi connectivity index (χ1v) is 9.88. The van der Waals surface area contributed by atoms with Crippen LogP contribution in [0.15, 0.2) is 48.9 Å². The van der Waals surface area contributed by atoms with Gasteiger partial charge in [-0.3, -0.25) is 9.97 Å². The van der Waals surface area contributed by atoms with Crippen LogP contribution in [0, 0.1) is 5.92 Å². The summed E-state index contributed by atoms with van der Waals surface area (Å²) in [6.45, 7) is -0.188. The van der Waals surface area contributed by atoms with Crippen LogP contribution in [0.2, 0.25) is 0 Å². The minimum atomic E-state index is -0.188. The maximum atomic E-state index is 9.39. The number of ether oxygens (including phenoxy) is 1. The molecule has 30 heavy (non-hydrogen) atoms. The molecule has 1 unspecified atom stereocenters. The lowest BCUT2D eigenvalue weighted by Gasteiger charge is -2.12. The molecular weight excluding hydrogens is 380 g/mol. The molecule has 0 radical (unpaired) electrons. The summed E-state index contributed by atoms with van der Waals surface area (Å²) in [5.41, 5.74) is 10.3. The molecule has 0 bridgehead atoms. The van der Waals surface area contributed by atoms with Gasteiger partial charge >= 0.3 is 0 Å². The van der Waals surface area contributed by atoms with Crippen LogP contribution in [0.4, 0.5) is 0 Å². The highest BCUT2D eigenvalue weighted by atomic mass is 16.5. The molecule has 1 aliphatic carbocycles. The first-order chi connectivity index (χ1) is 14.7. The smallest absolute Gasteiger partial charge is 0.172 e. The van der Waals surface area contributed by atoms with Crippen LogP contribution in [0.1, 0.15) is 30.3 Å². The summed E-state index contributed by atoms with van der Waals surface area (Å²) < 4.78 is 7.32. The van der Waals surface area contributed by atoms with Crippen molar-refractivity contribution in [3.05, 3.63) is 60.3 Å². The standard InChI is InChI=1S/C22H22N6O2/c1-30-20-8-14(17-3-2-4-18(27-17)22(23)13-5-6-13)7-19-16(20)10-25-28(19)21-11-24-9-15(12-29)26-21/h2-4,7-11,13,22,29H,5-6,12,23H2,1H3. The van der Waals surface area contributed by atoms with E-state index < -0.39 is 0 Å². The number of rotatable bonds is 6. The van der Waals surface area contributed by atoms with Crippen LogP contribution < -0.4 is 10.5 Å². The van der Waals surface area contributed by atoms with Crippen molar-refractivity contribution < 1.29 is 9.84 Å². The summed E-state index contributed by atoms with van der Waals surface area (Å²) in [5, 5.41) is 14.7. The van der Waals surface area contributed by atoms with Crippen molar-refractivity contribution in [1.29, 1.82) is 0 Å². The Bertz CT molecular complexity index is 1220. The lowest BCUT2D eigenvalue weighted by atomic mass is 10.1. The van der Waals surface area contributed by atoms with Crippen molar-refractivity contribution in [3.63, 3.8) is 0 Å². The van der Waals surface area contributed by atoms with E-state index in [4.69, 9.17) is 15.5 Å². The van der Waals surface area contributed by atoms with Crippen LogP contribution in [0.5, 0.6) is 5.75 Å². The number of nitrogens with zero attached hydrogens (tertiary/aromatic N) is 5. The molecule has 3 aromatic heterocycles. The molecule has 1 fully saturated rings. The zero-order valence-electron chi connectivity index (χ0n) is 16.6. The van der Waals surface area contributed by atoms with Gasteiger partial charge < -0.3 is 15.6 Å². The van der Waals surface area contributed by atoms with E-state index in [2.05, 4.69) is 15.1 Å². The van der Waals surface area contributed by atoms with E-state index in [1.165, 1.54) is 19.0 Å². The number of pyridine rings is 1. The van der Waals surface area contributed by atoms with Crippen molar-refractivity contribution in [2.75, 3.05) is 7.11 Å². The quantitative estimate of drug-likeness (QED) is 0.510. The zero-order chi connectivity index (χ0) is 20.7. The maximum absolute atomic E-state index is 9.39. The van der Waals surface area contributed by atoms with Gasteiger partial charge in [0.15, 0.2) is 5.82 Å². The molecule has 8 heteroatoms. The first kappa shape index (κ1) is 18.7. The van der Waals surface area contributed by atoms with E-state index in [1.54, 1.807) is 24.2 Å². The molecular formula is C22H22N6O2. The molecule has 0 amide bonds. The number of methoxy groups -OCH3 is 1. The van der Waals surface area contributed by atoms with Crippen molar-refractivity contribution in [3.8, 4) is 22.8 Å². The van der Waals surface area contributed by atoms with Crippen LogP contribution in [-0.4, -0.2) is 36.9 Å². The van der Waals surface area contributed by atoms with Gasteiger partial charge in [-0.2, -0.15) is 5.10 Å². The van der Waals surface area contributed by atoms with Gasteiger partial charge in [0, 0.05) is 11.6 Å². The fraction of sp³-hybridized carbons (Fsp3) is 0.273. The third kappa shape index (κ3) is 3.30. The van der Waals surface area contributed by atoms with Crippen molar-refractivity contribution in [2.24, 2.45) is 11.7 Å². The number of aliphatic hydroxyl groups is 1. The summed E-state index contributed by atoms with van der Waals surface area (Å²) in [6.07, 6.45) is 7.20. The minimum absolute atomic E-state index is 0.0300. The van der Waals surface area contributed by atoms with Gasteiger partial charge in [0.1, 0.15) is 5.75 Å². The molecule has 4 aromatic rings. The van der Waals surface area contributed by atoms with Gasteiger partial charge in [-0.25, -0.2) is 9.67 Å². The van der Waals surface area contributed by atoms with E-state index in [0.29, 0.717) is 23.2 Å². The number of hydrogen-bond acceptors (Lipinski definition) is 7. The van der Waals surface area contributed by atoms with E-state index in [-0.39, 0.29) is 12.6 Å². The molecule has 1 aliphatic rings. The normalized spacial score (nSPS) is 14.8. The van der Waals surface area contributed by atoms with Gasteiger partial charge in [0.25, 0.3) is 0 Å². The van der Waals surface area contributed by atoms with Crippen LogP contribution in [-0.2, 0) is 6.61 Å². The highest BCUT2D eigenvalue weighted by Crippen LogP contribution is 2.39. The van der Waals surface area contributed by atoms with Gasteiger partial charge in [-0.05, 0) is 43.0 Å². The van der Waals surface area contributed by atoms with Gasteiger partial charge in [0.05, 0.1) is 60.3 Å². The van der Waals surface area contributed by atoms with Gasteiger partial charge in [-0.15, -0.1) is 0 Å². The molecule has 5 rings (SSSR count). The number of fused-ring (bicyclic) bond motifs is 1. The Balaban J connectivity index is 1.64. The third-order valence-corrected chi connectivity index (χ3v) is 5.46. The maximum Gasteiger partial charge on any atom is 0.172 e. The number of aromatic nitrogens is 5. The monoisotopic (exact) mass is 402 g/mol. The van der Waals surface area contributed by atoms with E-state index in [9.17, 15) is 5.11 Å². The summed E-state index contributed by atoms with van der Waals surface area (Å²) in [7, 11) is 1.63. The lowest BCUT2D eigenvalue weighted by Crippen LogP contribution is -2.14. The molecule has 1 saturated carbocycles. The minimum Gasteiger partial charge on any atom is -0.496 e. The highest BCUT2D eigenvalue weighted by molar-refractivity contribution is 5.90. The third-order valence-electron chi connectivity index (χ3n) is 5.46. The summed E-state index contributed by atoms with van der Waals surface area (Å²) in [5.74, 6) is 1.75. The SMILES string of the molecule is COc1cc(-c2cccc(C(N)C3CC3)n2)cc2c1cnn2-c1cncc(CO)n1. The average molecular weight is 402 g/mol. The summed E-state index contributed by atoms with van der Waals surface area (Å²) in [4.78, 5) is 13.4. The molecule has 3 heterocycles. The van der Waals surface area contributed by atoms with E-state index in [1.807, 2.05) is 30.3 Å². The molecule has 8 nitrogen and oxygen atoms in total. The van der Waals surface area contributed by atoms with E-state index >= 15 is 0 Å². The van der Waals surface area contributed by atoms with Crippen LogP contribution >= 0.6 is 0 Å². The summed E-state index contributed by atoms with van der Waals surface area (Å²) >= 11 is 0. The molecule has 1 aromatic carbocycles. The summed E-state index contributed by atoms with van der Waals surface area (Å²) in [6, 6.07) is 9.88. The topological polar surface area (TPSA) is 112 Å². The van der Waals surface area contributed by atoms with Crippen LogP contribution in [0.3, 0.4) is 0 Å². The fourth-order valence-electron chi connectivity index (χ4n) is 3.66. The van der Waals surface area contributed by atoms with Crippen molar-refractivity contribution in [2.45, 2.75) is 25.5 Å². The first-order valence-electron chi connectivity index (χ1n) is 9.88. The number of aliphatic hydroxyl groups excluding tert-OH is 1. The largest absolute Gasteiger partial charge is 0.496 e. The molecule has 152 valence electrons. The predicted molar refractivity (Wildman–Crippen MR) is 112 cm³/mol. The Hall–Kier alpha value is -3.36. The van der Waals surface area contributed by atoms with E-state index in [0.717, 1.165) is 27.9 Å². The zero-order valence-corrected chi connectivity index (χ0v) is 16.6. The molecule has 3 N–H and O–H groups in total. The van der Waals surface area contributed by atoms with Crippen molar-refractivity contribution >= 4 is 10.9 Å². The Kier molecular flexibility index (Phi) is 4.65. The Morgan fingerprint density at radius 1 is 1.20 bits per heavy atom. The molecule has 0 saturated heterocycles. The second-order valence-corrected chi connectivity index (χ2v) is 7.51. The Morgan fingerprint density at radius 2 is 2.07 bits per heavy atom. The number of benzene rings is 1. The number of nitrogens with two attached hydrogens (primary N) is 1. The lowest BCUT2D eigenvalue weighted by molar-refractivity contribution is 0.276. The fourth-order valence-corrected chi connectivity index (χ4v) is 3.66. The Labute approximate surface area is 173 Å². The second kappa shape index (κ2) is 7.47. The average Bonchev–Trinajstić information content (AvgIpc) is 3.56. The van der Waals surface area contributed by atoms with Crippen molar-refractivity contribution in [1.82, 2.24) is 24.7 Å². The molecule has 0 spiro atoms. The predicted octanol–water partition coefficient (Wildman–Crippen LogP) is 2.79. The second-order valence-electron chi connectivity index (χ2n) is 7.51. The van der Waals surface area contributed by atoms with Crippen LogP contribution in [0.25, 0.3) is 28.0 Å². The number of hydrogen-bond donors (Lipinski definition) is 2. The molecule has 0 aliphatic heterocycles. The van der Waals surface area contributed by atoms with Gasteiger partial charge in [-0.1, -0.05) is 6.07 Å². The molecule has 1 atom stereocenters. The van der Waals surface area contributed by atoms with Gasteiger partial charge in [0.2, 0.25) is 0 Å².